The van der Waals surface area contributed by atoms with Gasteiger partial charge in [0.2, 0.25) is 0 Å². The molecule has 6 nitrogen and oxygen atoms in total. The summed E-state index contributed by atoms with van der Waals surface area (Å²) < 4.78 is 53.2. The first-order valence-corrected chi connectivity index (χ1v) is 11.6. The Morgan fingerprint density at radius 2 is 1.44 bits per heavy atom. The molecule has 1 aromatic heterocycles. The van der Waals surface area contributed by atoms with Gasteiger partial charge in [-0.05, 0) is 72.8 Å². The molecule has 4 aromatic rings. The van der Waals surface area contributed by atoms with E-state index < -0.39 is 21.7 Å². The van der Waals surface area contributed by atoms with Crippen LogP contribution in [0.1, 0.15) is 10.4 Å². The molecule has 0 spiro atoms. The molecule has 0 atom stereocenters. The van der Waals surface area contributed by atoms with Crippen molar-refractivity contribution in [3.05, 3.63) is 95.4 Å². The number of hydrogen-bond donors (Lipinski definition) is 2. The summed E-state index contributed by atoms with van der Waals surface area (Å²) in [6.07, 6.45) is 0. The first-order chi connectivity index (χ1) is 15.3. The quantitative estimate of drug-likeness (QED) is 0.408. The second-order valence-electron chi connectivity index (χ2n) is 6.64. The Balaban J connectivity index is 1.42. The number of nitrogens with one attached hydrogen (secondary N) is 2. The summed E-state index contributed by atoms with van der Waals surface area (Å²) in [5.74, 6) is -1.30. The van der Waals surface area contributed by atoms with Crippen LogP contribution in [0.5, 0.6) is 0 Å². The van der Waals surface area contributed by atoms with Crippen molar-refractivity contribution in [2.24, 2.45) is 0 Å². The number of carbonyl (C=O) groups is 1. The van der Waals surface area contributed by atoms with Crippen LogP contribution >= 0.6 is 11.3 Å². The summed E-state index contributed by atoms with van der Waals surface area (Å²) in [4.78, 5) is 16.7. The summed E-state index contributed by atoms with van der Waals surface area (Å²) >= 11 is 1.23. The first kappa shape index (κ1) is 21.6. The summed E-state index contributed by atoms with van der Waals surface area (Å²) in [7, 11) is -3.89. The van der Waals surface area contributed by atoms with Gasteiger partial charge >= 0.3 is 0 Å². The number of amides is 1. The number of benzene rings is 3. The smallest absolute Gasteiger partial charge is 0.261 e. The van der Waals surface area contributed by atoms with Crippen molar-refractivity contribution in [2.45, 2.75) is 4.90 Å². The number of halogens is 2. The molecule has 0 saturated carbocycles. The van der Waals surface area contributed by atoms with Crippen molar-refractivity contribution in [3.8, 4) is 11.3 Å². The minimum atomic E-state index is -3.89. The SMILES string of the molecule is O=C(Nc1nc(-c2ccc(F)cc2)cs1)c1ccc(NS(=O)(=O)c2ccc(F)cc2)cc1. The Morgan fingerprint density at radius 3 is 2.06 bits per heavy atom. The fraction of sp³-hybridized carbons (Fsp3) is 0. The lowest BCUT2D eigenvalue weighted by atomic mass is 10.2. The largest absolute Gasteiger partial charge is 0.298 e. The Labute approximate surface area is 186 Å². The zero-order chi connectivity index (χ0) is 22.7. The van der Waals surface area contributed by atoms with Gasteiger partial charge in [0, 0.05) is 22.2 Å². The van der Waals surface area contributed by atoms with Crippen molar-refractivity contribution >= 4 is 38.1 Å². The van der Waals surface area contributed by atoms with E-state index in [0.717, 1.165) is 29.8 Å². The van der Waals surface area contributed by atoms with Crippen LogP contribution in [-0.2, 0) is 10.0 Å². The minimum absolute atomic E-state index is 0.0820. The maximum absolute atomic E-state index is 13.1. The highest BCUT2D eigenvalue weighted by Gasteiger charge is 2.15. The van der Waals surface area contributed by atoms with Gasteiger partial charge in [0.25, 0.3) is 15.9 Å². The zero-order valence-electron chi connectivity index (χ0n) is 16.2. The fourth-order valence-corrected chi connectivity index (χ4v) is 4.54. The first-order valence-electron chi connectivity index (χ1n) is 9.21. The molecule has 0 aliphatic rings. The molecule has 0 fully saturated rings. The predicted octanol–water partition coefficient (Wildman–Crippen LogP) is 5.14. The summed E-state index contributed by atoms with van der Waals surface area (Å²) in [6, 6.07) is 16.1. The monoisotopic (exact) mass is 471 g/mol. The number of hydrogen-bond acceptors (Lipinski definition) is 5. The third kappa shape index (κ3) is 4.98. The van der Waals surface area contributed by atoms with Gasteiger partial charge in [-0.1, -0.05) is 0 Å². The second kappa shape index (κ2) is 8.85. The molecule has 162 valence electrons. The van der Waals surface area contributed by atoms with Crippen LogP contribution in [0.15, 0.2) is 83.1 Å². The van der Waals surface area contributed by atoms with Crippen molar-refractivity contribution < 1.29 is 22.0 Å². The van der Waals surface area contributed by atoms with Crippen LogP contribution in [-0.4, -0.2) is 19.3 Å². The van der Waals surface area contributed by atoms with Crippen LogP contribution in [0.4, 0.5) is 19.6 Å². The molecule has 0 radical (unpaired) electrons. The Bertz CT molecular complexity index is 1350. The third-order valence-electron chi connectivity index (χ3n) is 4.39. The maximum Gasteiger partial charge on any atom is 0.261 e. The number of rotatable bonds is 6. The third-order valence-corrected chi connectivity index (χ3v) is 6.54. The average molecular weight is 472 g/mol. The normalized spacial score (nSPS) is 11.2. The maximum atomic E-state index is 13.1. The average Bonchev–Trinajstić information content (AvgIpc) is 3.23. The van der Waals surface area contributed by atoms with Crippen LogP contribution in [0, 0.1) is 11.6 Å². The summed E-state index contributed by atoms with van der Waals surface area (Å²) in [6.45, 7) is 0. The van der Waals surface area contributed by atoms with E-state index in [4.69, 9.17) is 0 Å². The molecule has 4 rings (SSSR count). The van der Waals surface area contributed by atoms with E-state index in [9.17, 15) is 22.0 Å². The fourth-order valence-electron chi connectivity index (χ4n) is 2.77. The van der Waals surface area contributed by atoms with E-state index in [2.05, 4.69) is 15.0 Å². The Hall–Kier alpha value is -3.63. The number of thiazole rings is 1. The summed E-state index contributed by atoms with van der Waals surface area (Å²) in [5, 5.41) is 4.80. The molecule has 0 aliphatic carbocycles. The van der Waals surface area contributed by atoms with E-state index in [1.807, 2.05) is 0 Å². The molecule has 1 heterocycles. The van der Waals surface area contributed by atoms with Gasteiger partial charge in [-0.3, -0.25) is 14.8 Å². The summed E-state index contributed by atoms with van der Waals surface area (Å²) in [5.41, 5.74) is 1.88. The van der Waals surface area contributed by atoms with Gasteiger partial charge in [0.15, 0.2) is 5.13 Å². The van der Waals surface area contributed by atoms with Crippen molar-refractivity contribution in [1.29, 1.82) is 0 Å². The number of sulfonamides is 1. The molecular weight excluding hydrogens is 456 g/mol. The zero-order valence-corrected chi connectivity index (χ0v) is 17.9. The highest BCUT2D eigenvalue weighted by Crippen LogP contribution is 2.25. The van der Waals surface area contributed by atoms with Gasteiger partial charge in [0.1, 0.15) is 11.6 Å². The highest BCUT2D eigenvalue weighted by atomic mass is 32.2. The lowest BCUT2D eigenvalue weighted by Gasteiger charge is -2.09. The number of anilines is 2. The number of aromatic nitrogens is 1. The number of carbonyl (C=O) groups excluding carboxylic acids is 1. The van der Waals surface area contributed by atoms with Gasteiger partial charge in [-0.15, -0.1) is 11.3 Å². The molecule has 0 aliphatic heterocycles. The van der Waals surface area contributed by atoms with Crippen molar-refractivity contribution in [1.82, 2.24) is 4.98 Å². The molecule has 0 saturated heterocycles. The predicted molar refractivity (Wildman–Crippen MR) is 119 cm³/mol. The standard InChI is InChI=1S/C22H15F2N3O3S2/c23-16-5-1-14(2-6-16)20-13-31-22(25-20)26-21(28)15-3-9-18(10-4-15)27-32(29,30)19-11-7-17(24)8-12-19/h1-13,27H,(H,25,26,28). The molecule has 1 amide bonds. The minimum Gasteiger partial charge on any atom is -0.298 e. The second-order valence-corrected chi connectivity index (χ2v) is 9.18. The lowest BCUT2D eigenvalue weighted by Crippen LogP contribution is -2.14. The Kier molecular flexibility index (Phi) is 5.97. The van der Waals surface area contributed by atoms with E-state index in [1.165, 1.54) is 47.7 Å². The number of nitrogens with zero attached hydrogens (tertiary/aromatic N) is 1. The lowest BCUT2D eigenvalue weighted by molar-refractivity contribution is 0.102. The molecular formula is C22H15F2N3O3S2. The molecule has 2 N–H and O–H groups in total. The van der Waals surface area contributed by atoms with E-state index in [0.29, 0.717) is 16.4 Å². The van der Waals surface area contributed by atoms with Crippen LogP contribution < -0.4 is 10.0 Å². The van der Waals surface area contributed by atoms with Crippen molar-refractivity contribution in [3.63, 3.8) is 0 Å². The van der Waals surface area contributed by atoms with Gasteiger partial charge < -0.3 is 0 Å². The molecule has 3 aromatic carbocycles. The van der Waals surface area contributed by atoms with Gasteiger partial charge in [-0.25, -0.2) is 22.2 Å². The van der Waals surface area contributed by atoms with Crippen LogP contribution in [0.2, 0.25) is 0 Å². The van der Waals surface area contributed by atoms with Gasteiger partial charge in [0.05, 0.1) is 10.6 Å². The van der Waals surface area contributed by atoms with Gasteiger partial charge in [-0.2, -0.15) is 0 Å². The molecule has 10 heteroatoms. The molecule has 32 heavy (non-hydrogen) atoms. The van der Waals surface area contributed by atoms with E-state index >= 15 is 0 Å². The van der Waals surface area contributed by atoms with Crippen LogP contribution in [0.25, 0.3) is 11.3 Å². The van der Waals surface area contributed by atoms with Crippen molar-refractivity contribution in [2.75, 3.05) is 10.0 Å². The van der Waals surface area contributed by atoms with E-state index in [-0.39, 0.29) is 16.4 Å². The molecule has 0 bridgehead atoms. The van der Waals surface area contributed by atoms with E-state index in [1.54, 1.807) is 17.5 Å². The Morgan fingerprint density at radius 1 is 0.844 bits per heavy atom. The van der Waals surface area contributed by atoms with Crippen LogP contribution in [0.3, 0.4) is 0 Å². The molecule has 0 unspecified atom stereocenters. The highest BCUT2D eigenvalue weighted by molar-refractivity contribution is 7.92. The topological polar surface area (TPSA) is 88.2 Å².